The van der Waals surface area contributed by atoms with Crippen molar-refractivity contribution in [3.8, 4) is 0 Å². The Morgan fingerprint density at radius 3 is 2.96 bits per heavy atom. The van der Waals surface area contributed by atoms with Gasteiger partial charge in [0.2, 0.25) is 0 Å². The zero-order valence-electron chi connectivity index (χ0n) is 14.2. The average Bonchev–Trinajstić information content (AvgIpc) is 3.16. The number of nitrogens with zero attached hydrogens (tertiary/aromatic N) is 2. The Labute approximate surface area is 164 Å². The molecule has 2 aromatic rings. The second-order valence-electron chi connectivity index (χ2n) is 5.93. The van der Waals surface area contributed by atoms with Crippen molar-refractivity contribution in [3.05, 3.63) is 36.0 Å². The second kappa shape index (κ2) is 10.1. The Bertz CT molecular complexity index is 677. The highest BCUT2D eigenvalue weighted by Crippen LogP contribution is 2.22. The number of rotatable bonds is 5. The molecule has 2 unspecified atom stereocenters. The molecule has 25 heavy (non-hydrogen) atoms. The molecule has 0 aliphatic carbocycles. The summed E-state index contributed by atoms with van der Waals surface area (Å²) < 4.78 is 7.63. The smallest absolute Gasteiger partial charge is 0.287 e. The van der Waals surface area contributed by atoms with Gasteiger partial charge in [0.15, 0.2) is 10.9 Å². The van der Waals surface area contributed by atoms with Gasteiger partial charge in [-0.05, 0) is 37.6 Å². The van der Waals surface area contributed by atoms with Crippen molar-refractivity contribution in [2.24, 2.45) is 13.0 Å². The minimum atomic E-state index is -0.128. The van der Waals surface area contributed by atoms with E-state index in [-0.39, 0.29) is 36.8 Å². The number of thioether (sulfide) groups is 1. The monoisotopic (exact) mass is 406 g/mol. The van der Waals surface area contributed by atoms with Crippen molar-refractivity contribution in [1.82, 2.24) is 20.2 Å². The maximum absolute atomic E-state index is 12.3. The summed E-state index contributed by atoms with van der Waals surface area (Å²) in [7, 11) is 1.95. The second-order valence-corrected chi connectivity index (χ2v) is 6.87. The Morgan fingerprint density at radius 1 is 1.48 bits per heavy atom. The van der Waals surface area contributed by atoms with Crippen LogP contribution in [0.2, 0.25) is 0 Å². The van der Waals surface area contributed by atoms with Crippen molar-refractivity contribution in [3.63, 3.8) is 0 Å². The highest BCUT2D eigenvalue weighted by atomic mass is 35.5. The summed E-state index contributed by atoms with van der Waals surface area (Å²) >= 11 is 1.59. The Morgan fingerprint density at radius 2 is 2.28 bits per heavy atom. The lowest BCUT2D eigenvalue weighted by molar-refractivity contribution is 0.0884. The van der Waals surface area contributed by atoms with E-state index in [1.807, 2.05) is 23.9 Å². The molecule has 1 fully saturated rings. The third-order valence-corrected chi connectivity index (χ3v) is 5.19. The van der Waals surface area contributed by atoms with Crippen LogP contribution in [0.5, 0.6) is 0 Å². The highest BCUT2D eigenvalue weighted by molar-refractivity contribution is 7.98. The predicted octanol–water partition coefficient (Wildman–Crippen LogP) is 2.88. The number of nitrogens with one attached hydrogen (secondary N) is 2. The number of piperidine rings is 1. The number of halogens is 2. The van der Waals surface area contributed by atoms with Gasteiger partial charge in [-0.3, -0.25) is 4.79 Å². The molecule has 1 saturated heterocycles. The number of aromatic nitrogens is 2. The van der Waals surface area contributed by atoms with E-state index < -0.39 is 0 Å². The Kier molecular flexibility index (Phi) is 8.85. The number of aryl methyl sites for hydroxylation is 1. The molecule has 6 nitrogen and oxygen atoms in total. The van der Waals surface area contributed by atoms with Crippen LogP contribution in [-0.2, 0) is 12.8 Å². The number of imidazole rings is 1. The Balaban J connectivity index is 0.00000156. The van der Waals surface area contributed by atoms with Crippen LogP contribution in [0.3, 0.4) is 0 Å². The van der Waals surface area contributed by atoms with Gasteiger partial charge in [-0.15, -0.1) is 24.8 Å². The van der Waals surface area contributed by atoms with E-state index in [0.29, 0.717) is 17.4 Å². The van der Waals surface area contributed by atoms with E-state index in [2.05, 4.69) is 22.5 Å². The number of hydrogen-bond acceptors (Lipinski definition) is 5. The largest absolute Gasteiger partial charge is 0.455 e. The SMILES string of the molecule is CC1CNCCC1NC(=O)c1ccc(CSc2nccn2C)o1.Cl.Cl. The first-order valence-electron chi connectivity index (χ1n) is 7.84. The number of carbonyl (C=O) groups excluding carboxylic acids is 1. The van der Waals surface area contributed by atoms with Gasteiger partial charge in [0.25, 0.3) is 5.91 Å². The molecule has 1 aliphatic heterocycles. The topological polar surface area (TPSA) is 72.1 Å². The molecular formula is C16H24Cl2N4O2S. The molecule has 0 saturated carbocycles. The molecule has 2 N–H and O–H groups in total. The summed E-state index contributed by atoms with van der Waals surface area (Å²) in [5, 5.41) is 7.34. The minimum absolute atomic E-state index is 0. The van der Waals surface area contributed by atoms with Gasteiger partial charge in [0.05, 0.1) is 5.75 Å². The van der Waals surface area contributed by atoms with Crippen LogP contribution in [0.15, 0.2) is 34.1 Å². The summed E-state index contributed by atoms with van der Waals surface area (Å²) in [5.41, 5.74) is 0. The maximum Gasteiger partial charge on any atom is 0.287 e. The van der Waals surface area contributed by atoms with E-state index in [0.717, 1.165) is 30.4 Å². The van der Waals surface area contributed by atoms with Gasteiger partial charge >= 0.3 is 0 Å². The molecule has 1 amide bonds. The fraction of sp³-hybridized carbons (Fsp3) is 0.500. The number of furan rings is 1. The fourth-order valence-electron chi connectivity index (χ4n) is 2.67. The zero-order chi connectivity index (χ0) is 16.2. The summed E-state index contributed by atoms with van der Waals surface area (Å²) in [5.74, 6) is 2.12. The first-order chi connectivity index (χ1) is 11.1. The van der Waals surface area contributed by atoms with E-state index in [9.17, 15) is 4.79 Å². The summed E-state index contributed by atoms with van der Waals surface area (Å²) in [6.07, 6.45) is 4.63. The summed E-state index contributed by atoms with van der Waals surface area (Å²) in [6.45, 7) is 4.03. The van der Waals surface area contributed by atoms with Crippen LogP contribution in [-0.4, -0.2) is 34.6 Å². The molecule has 3 rings (SSSR count). The van der Waals surface area contributed by atoms with Crippen LogP contribution < -0.4 is 10.6 Å². The van der Waals surface area contributed by atoms with Gasteiger partial charge in [0.1, 0.15) is 5.76 Å². The molecule has 0 radical (unpaired) electrons. The van der Waals surface area contributed by atoms with Gasteiger partial charge in [-0.1, -0.05) is 18.7 Å². The molecule has 0 spiro atoms. The normalized spacial score (nSPS) is 19.6. The molecule has 0 aromatic carbocycles. The highest BCUT2D eigenvalue weighted by Gasteiger charge is 2.24. The van der Waals surface area contributed by atoms with E-state index in [4.69, 9.17) is 4.42 Å². The first kappa shape index (κ1) is 21.9. The Hall–Kier alpha value is -1.15. The van der Waals surface area contributed by atoms with Crippen molar-refractivity contribution >= 4 is 42.5 Å². The summed E-state index contributed by atoms with van der Waals surface area (Å²) in [4.78, 5) is 16.6. The number of hydrogen-bond donors (Lipinski definition) is 2. The lowest BCUT2D eigenvalue weighted by Crippen LogP contribution is -2.48. The van der Waals surface area contributed by atoms with Gasteiger partial charge in [0, 0.05) is 25.5 Å². The van der Waals surface area contributed by atoms with Gasteiger partial charge in [-0.25, -0.2) is 4.98 Å². The summed E-state index contributed by atoms with van der Waals surface area (Å²) in [6, 6.07) is 3.81. The quantitative estimate of drug-likeness (QED) is 0.746. The molecule has 2 atom stereocenters. The van der Waals surface area contributed by atoms with E-state index >= 15 is 0 Å². The van der Waals surface area contributed by atoms with Crippen molar-refractivity contribution in [2.75, 3.05) is 13.1 Å². The fourth-order valence-corrected chi connectivity index (χ4v) is 3.50. The standard InChI is InChI=1S/C16H22N4O2S.2ClH/c1-11-9-17-6-5-13(11)19-15(21)14-4-3-12(22-14)10-23-16-18-7-8-20(16)2;;/h3-4,7-8,11,13,17H,5-6,9-10H2,1-2H3,(H,19,21);2*1H. The third kappa shape index (κ3) is 5.67. The van der Waals surface area contributed by atoms with Crippen LogP contribution in [0, 0.1) is 5.92 Å². The zero-order valence-corrected chi connectivity index (χ0v) is 16.7. The van der Waals surface area contributed by atoms with Crippen LogP contribution in [0.1, 0.15) is 29.7 Å². The van der Waals surface area contributed by atoms with Gasteiger partial charge in [-0.2, -0.15) is 0 Å². The van der Waals surface area contributed by atoms with Crippen LogP contribution in [0.25, 0.3) is 0 Å². The number of amides is 1. The number of carbonyl (C=O) groups is 1. The lowest BCUT2D eigenvalue weighted by Gasteiger charge is -2.29. The van der Waals surface area contributed by atoms with E-state index in [1.165, 1.54) is 0 Å². The molecule has 3 heterocycles. The predicted molar refractivity (Wildman–Crippen MR) is 104 cm³/mol. The average molecular weight is 407 g/mol. The molecule has 9 heteroatoms. The molecule has 2 aromatic heterocycles. The van der Waals surface area contributed by atoms with Crippen molar-refractivity contribution in [2.45, 2.75) is 30.3 Å². The molecule has 0 bridgehead atoms. The molecule has 1 aliphatic rings. The van der Waals surface area contributed by atoms with Crippen molar-refractivity contribution in [1.29, 1.82) is 0 Å². The van der Waals surface area contributed by atoms with Crippen molar-refractivity contribution < 1.29 is 9.21 Å². The van der Waals surface area contributed by atoms with E-state index in [1.54, 1.807) is 24.0 Å². The molecule has 140 valence electrons. The van der Waals surface area contributed by atoms with Crippen LogP contribution in [0.4, 0.5) is 0 Å². The third-order valence-electron chi connectivity index (χ3n) is 4.11. The molecular weight excluding hydrogens is 383 g/mol. The first-order valence-corrected chi connectivity index (χ1v) is 8.82. The minimum Gasteiger partial charge on any atom is -0.455 e. The van der Waals surface area contributed by atoms with Gasteiger partial charge < -0.3 is 19.6 Å². The lowest BCUT2D eigenvalue weighted by atomic mass is 9.95. The maximum atomic E-state index is 12.3. The van der Waals surface area contributed by atoms with Crippen LogP contribution >= 0.6 is 36.6 Å².